The van der Waals surface area contributed by atoms with Crippen LogP contribution in [-0.2, 0) is 24.9 Å². The molecule has 2 fully saturated rings. The van der Waals surface area contributed by atoms with Gasteiger partial charge in [0.15, 0.2) is 0 Å². The summed E-state index contributed by atoms with van der Waals surface area (Å²) in [5.74, 6) is 1.61. The largest absolute Gasteiger partial charge is 0.468 e. The van der Waals surface area contributed by atoms with E-state index >= 15 is 0 Å². The third kappa shape index (κ3) is 3.73. The van der Waals surface area contributed by atoms with Crippen molar-refractivity contribution in [3.05, 3.63) is 42.1 Å². The molecule has 2 aromatic heterocycles. The van der Waals surface area contributed by atoms with Crippen LogP contribution in [-0.4, -0.2) is 70.7 Å². The van der Waals surface area contributed by atoms with E-state index in [1.807, 2.05) is 44.2 Å². The van der Waals surface area contributed by atoms with Gasteiger partial charge in [-0.25, -0.2) is 0 Å². The van der Waals surface area contributed by atoms with Crippen LogP contribution in [0.4, 0.5) is 0 Å². The molecule has 0 spiro atoms. The van der Waals surface area contributed by atoms with E-state index in [1.54, 1.807) is 11.2 Å². The van der Waals surface area contributed by atoms with Gasteiger partial charge in [0, 0.05) is 59.1 Å². The summed E-state index contributed by atoms with van der Waals surface area (Å²) in [6, 6.07) is 3.98. The zero-order valence-electron chi connectivity index (χ0n) is 17.2. The second-order valence-corrected chi connectivity index (χ2v) is 8.66. The van der Waals surface area contributed by atoms with E-state index in [1.165, 1.54) is 5.56 Å². The van der Waals surface area contributed by atoms with Crippen LogP contribution in [0.2, 0.25) is 0 Å². The number of likely N-dealkylation sites (tertiary alicyclic amines) is 2. The number of furan rings is 1. The third-order valence-electron chi connectivity index (χ3n) is 6.30. The lowest BCUT2D eigenvalue weighted by atomic mass is 9.74. The van der Waals surface area contributed by atoms with E-state index in [9.17, 15) is 4.79 Å². The summed E-state index contributed by atoms with van der Waals surface area (Å²) in [6.07, 6.45) is 7.72. The lowest BCUT2D eigenvalue weighted by molar-refractivity contribution is -0.141. The van der Waals surface area contributed by atoms with E-state index in [4.69, 9.17) is 4.42 Å². The summed E-state index contributed by atoms with van der Waals surface area (Å²) in [6.45, 7) is 5.40. The van der Waals surface area contributed by atoms with Gasteiger partial charge in [0.2, 0.25) is 5.91 Å². The molecule has 2 atom stereocenters. The highest BCUT2D eigenvalue weighted by Gasteiger charge is 2.53. The lowest BCUT2D eigenvalue weighted by Crippen LogP contribution is -2.47. The van der Waals surface area contributed by atoms with Crippen LogP contribution < -0.4 is 0 Å². The topological polar surface area (TPSA) is 57.8 Å². The summed E-state index contributed by atoms with van der Waals surface area (Å²) in [5, 5.41) is 4.30. The Balaban J connectivity index is 1.54. The first-order valence-electron chi connectivity index (χ1n) is 10.1. The molecule has 0 N–H and O–H groups in total. The molecule has 0 saturated carbocycles. The molecule has 0 aliphatic carbocycles. The Kier molecular flexibility index (Phi) is 5.29. The number of hydrogen-bond acceptors (Lipinski definition) is 5. The van der Waals surface area contributed by atoms with Crippen molar-refractivity contribution < 1.29 is 9.21 Å². The summed E-state index contributed by atoms with van der Waals surface area (Å²) >= 11 is 0. The number of amides is 1. The molecule has 7 heteroatoms. The Morgan fingerprint density at radius 2 is 2.14 bits per heavy atom. The fourth-order valence-electron chi connectivity index (χ4n) is 5.11. The average molecular weight is 386 g/mol. The molecule has 1 amide bonds. The first kappa shape index (κ1) is 19.2. The Labute approximate surface area is 166 Å². The lowest BCUT2D eigenvalue weighted by Gasteiger charge is -2.35. The number of hydrogen-bond donors (Lipinski definition) is 0. The van der Waals surface area contributed by atoms with E-state index < -0.39 is 0 Å². The van der Waals surface area contributed by atoms with Crippen LogP contribution in [0.15, 0.2) is 35.2 Å². The van der Waals surface area contributed by atoms with E-state index in [0.717, 1.165) is 57.9 Å². The highest BCUT2D eigenvalue weighted by molar-refractivity contribution is 5.83. The molecule has 28 heavy (non-hydrogen) atoms. The minimum absolute atomic E-state index is 0.283. The number of carbonyl (C=O) groups is 1. The zero-order chi connectivity index (χ0) is 19.7. The summed E-state index contributed by atoms with van der Waals surface area (Å²) in [5.41, 5.74) is 0.919. The number of nitrogens with zero attached hydrogens (tertiary/aromatic N) is 5. The van der Waals surface area contributed by atoms with Crippen LogP contribution in [0, 0.1) is 11.3 Å². The Morgan fingerprint density at radius 3 is 2.82 bits per heavy atom. The number of carbonyl (C=O) groups excluding carboxylic acids is 1. The van der Waals surface area contributed by atoms with Gasteiger partial charge in [-0.15, -0.1) is 0 Å². The number of aryl methyl sites for hydroxylation is 1. The fourth-order valence-corrected chi connectivity index (χ4v) is 5.11. The van der Waals surface area contributed by atoms with Crippen molar-refractivity contribution in [2.45, 2.75) is 25.9 Å². The predicted molar refractivity (Wildman–Crippen MR) is 106 cm³/mol. The van der Waals surface area contributed by atoms with Gasteiger partial charge in [0.05, 0.1) is 24.4 Å². The van der Waals surface area contributed by atoms with Gasteiger partial charge >= 0.3 is 0 Å². The van der Waals surface area contributed by atoms with Crippen molar-refractivity contribution in [1.82, 2.24) is 24.5 Å². The van der Waals surface area contributed by atoms with Crippen molar-refractivity contribution in [2.75, 3.05) is 40.3 Å². The molecule has 2 aliphatic rings. The van der Waals surface area contributed by atoms with Crippen LogP contribution >= 0.6 is 0 Å². The molecule has 0 bridgehead atoms. The van der Waals surface area contributed by atoms with Gasteiger partial charge in [0.1, 0.15) is 5.76 Å². The van der Waals surface area contributed by atoms with Gasteiger partial charge in [-0.1, -0.05) is 0 Å². The molecular formula is C21H31N5O2. The molecule has 0 radical (unpaired) electrons. The molecule has 152 valence electrons. The standard InChI is InChI=1S/C21H31N5O2/c1-23(2)20(27)21-7-5-8-25(15-19-6-4-9-28-19)13-18(21)14-26(16-21)12-17-10-22-24(3)11-17/h4,6,9-11,18H,5,7-8,12-16H2,1-3H3/t18-,21-/m0/s1. The first-order valence-corrected chi connectivity index (χ1v) is 10.1. The van der Waals surface area contributed by atoms with Crippen molar-refractivity contribution in [3.8, 4) is 0 Å². The molecule has 4 rings (SSSR count). The second kappa shape index (κ2) is 7.72. The van der Waals surface area contributed by atoms with Crippen LogP contribution in [0.5, 0.6) is 0 Å². The fraction of sp³-hybridized carbons (Fsp3) is 0.619. The summed E-state index contributed by atoms with van der Waals surface area (Å²) in [7, 11) is 5.73. The van der Waals surface area contributed by atoms with Crippen LogP contribution in [0.1, 0.15) is 24.2 Å². The Hall–Kier alpha value is -2.12. The maximum absolute atomic E-state index is 13.3. The van der Waals surface area contributed by atoms with Gasteiger partial charge < -0.3 is 9.32 Å². The minimum Gasteiger partial charge on any atom is -0.468 e. The van der Waals surface area contributed by atoms with Gasteiger partial charge in [-0.05, 0) is 37.4 Å². The van der Waals surface area contributed by atoms with E-state index in [2.05, 4.69) is 21.1 Å². The smallest absolute Gasteiger partial charge is 0.229 e. The van der Waals surface area contributed by atoms with Crippen LogP contribution in [0.25, 0.3) is 0 Å². The Morgan fingerprint density at radius 1 is 1.32 bits per heavy atom. The third-order valence-corrected chi connectivity index (χ3v) is 6.30. The maximum atomic E-state index is 13.3. The monoisotopic (exact) mass is 385 g/mol. The van der Waals surface area contributed by atoms with Gasteiger partial charge in [-0.3, -0.25) is 19.3 Å². The quantitative estimate of drug-likeness (QED) is 0.786. The first-order chi connectivity index (χ1) is 13.5. The molecule has 0 aromatic carbocycles. The summed E-state index contributed by atoms with van der Waals surface area (Å²) < 4.78 is 7.41. The summed E-state index contributed by atoms with van der Waals surface area (Å²) in [4.78, 5) is 20.0. The number of rotatable bonds is 5. The molecule has 7 nitrogen and oxygen atoms in total. The van der Waals surface area contributed by atoms with Gasteiger partial charge in [-0.2, -0.15) is 5.10 Å². The highest BCUT2D eigenvalue weighted by atomic mass is 16.3. The van der Waals surface area contributed by atoms with Crippen molar-refractivity contribution in [3.63, 3.8) is 0 Å². The molecule has 2 aliphatic heterocycles. The molecule has 2 saturated heterocycles. The average Bonchev–Trinajstić information content (AvgIpc) is 3.35. The Bertz CT molecular complexity index is 800. The number of fused-ring (bicyclic) bond motifs is 1. The van der Waals surface area contributed by atoms with Gasteiger partial charge in [0.25, 0.3) is 0 Å². The number of aromatic nitrogens is 2. The molecule has 0 unspecified atom stereocenters. The SMILES string of the molecule is CN(C)C(=O)[C@]12CCCN(Cc3ccco3)C[C@H]1CN(Cc1cnn(C)c1)C2. The van der Waals surface area contributed by atoms with Crippen LogP contribution in [0.3, 0.4) is 0 Å². The van der Waals surface area contributed by atoms with E-state index in [-0.39, 0.29) is 11.3 Å². The van der Waals surface area contributed by atoms with Crippen molar-refractivity contribution in [1.29, 1.82) is 0 Å². The van der Waals surface area contributed by atoms with Crippen molar-refractivity contribution >= 4 is 5.91 Å². The minimum atomic E-state index is -0.288. The second-order valence-electron chi connectivity index (χ2n) is 8.66. The molecule has 4 heterocycles. The zero-order valence-corrected chi connectivity index (χ0v) is 17.2. The maximum Gasteiger partial charge on any atom is 0.229 e. The predicted octanol–water partition coefficient (Wildman–Crippen LogP) is 1.82. The highest BCUT2D eigenvalue weighted by Crippen LogP contribution is 2.44. The molecule has 2 aromatic rings. The van der Waals surface area contributed by atoms with Crippen molar-refractivity contribution in [2.24, 2.45) is 18.4 Å². The molecular weight excluding hydrogens is 354 g/mol. The normalized spacial score (nSPS) is 26.2. The van der Waals surface area contributed by atoms with E-state index in [0.29, 0.717) is 5.92 Å².